The fraction of sp³-hybridized carbons (Fsp3) is 0.538. The highest BCUT2D eigenvalue weighted by Gasteiger charge is 2.51. The first-order valence-corrected chi connectivity index (χ1v) is 6.51. The predicted octanol–water partition coefficient (Wildman–Crippen LogP) is 0.323. The highest BCUT2D eigenvalue weighted by atomic mass is 16.7. The third-order valence-electron chi connectivity index (χ3n) is 3.91. The van der Waals surface area contributed by atoms with Gasteiger partial charge in [-0.25, -0.2) is 4.98 Å². The first-order chi connectivity index (χ1) is 9.18. The van der Waals surface area contributed by atoms with Gasteiger partial charge in [0.25, 0.3) is 5.91 Å². The highest BCUT2D eigenvalue weighted by molar-refractivity contribution is 6.62. The lowest BCUT2D eigenvalue weighted by molar-refractivity contribution is 0.00578. The molecule has 1 fully saturated rings. The minimum absolute atomic E-state index is 0.202. The molecule has 2 rings (SSSR count). The molecule has 0 bridgehead atoms. The third-order valence-corrected chi connectivity index (χ3v) is 3.91. The normalized spacial score (nSPS) is 19.9. The maximum absolute atomic E-state index is 11.6. The van der Waals surface area contributed by atoms with Gasteiger partial charge in [0.15, 0.2) is 5.69 Å². The summed E-state index contributed by atoms with van der Waals surface area (Å²) in [5, 5.41) is 2.49. The Hall–Kier alpha value is -1.60. The summed E-state index contributed by atoms with van der Waals surface area (Å²) >= 11 is 0. The van der Waals surface area contributed by atoms with Crippen LogP contribution >= 0.6 is 0 Å². The van der Waals surface area contributed by atoms with Crippen molar-refractivity contribution in [3.05, 3.63) is 18.0 Å². The summed E-state index contributed by atoms with van der Waals surface area (Å²) in [5.41, 5.74) is 6.22. The number of hydrogen-bond donors (Lipinski definition) is 2. The van der Waals surface area contributed by atoms with E-state index in [9.17, 15) is 4.79 Å². The van der Waals surface area contributed by atoms with E-state index in [4.69, 9.17) is 15.0 Å². The molecule has 1 saturated heterocycles. The Bertz CT molecular complexity index is 530. The second kappa shape index (κ2) is 4.75. The number of nitrogens with two attached hydrogens (primary N) is 1. The first-order valence-electron chi connectivity index (χ1n) is 6.51. The van der Waals surface area contributed by atoms with Crippen LogP contribution in [0.25, 0.3) is 0 Å². The van der Waals surface area contributed by atoms with Crippen LogP contribution < -0.4 is 16.5 Å². The van der Waals surface area contributed by atoms with Crippen molar-refractivity contribution in [2.24, 2.45) is 0 Å². The first kappa shape index (κ1) is 14.8. The average Bonchev–Trinajstić information content (AvgIpc) is 2.57. The molecule has 0 atom stereocenters. The minimum Gasteiger partial charge on any atom is -0.399 e. The smallest absolute Gasteiger partial charge is 0.399 e. The van der Waals surface area contributed by atoms with E-state index < -0.39 is 18.3 Å². The van der Waals surface area contributed by atoms with Crippen molar-refractivity contribution in [3.8, 4) is 0 Å². The number of carbonyl (C=O) groups excluding carboxylic acids is 1. The summed E-state index contributed by atoms with van der Waals surface area (Å²) in [6.45, 7) is 7.90. The van der Waals surface area contributed by atoms with Gasteiger partial charge in [0.1, 0.15) is 0 Å². The second-order valence-electron chi connectivity index (χ2n) is 5.87. The van der Waals surface area contributed by atoms with Gasteiger partial charge in [-0.05, 0) is 33.8 Å². The summed E-state index contributed by atoms with van der Waals surface area (Å²) in [6.07, 6.45) is 1.56. The fourth-order valence-corrected chi connectivity index (χ4v) is 1.91. The molecule has 0 spiro atoms. The Kier molecular flexibility index (Phi) is 3.52. The molecule has 1 aliphatic rings. The zero-order chi connectivity index (χ0) is 15.1. The van der Waals surface area contributed by atoms with Gasteiger partial charge in [-0.3, -0.25) is 4.79 Å². The topological polar surface area (TPSA) is 86.5 Å². The Morgan fingerprint density at radius 3 is 2.30 bits per heavy atom. The van der Waals surface area contributed by atoms with E-state index in [-0.39, 0.29) is 11.6 Å². The quantitative estimate of drug-likeness (QED) is 0.760. The number of carbonyl (C=O) groups is 1. The third kappa shape index (κ3) is 2.38. The van der Waals surface area contributed by atoms with Crippen LogP contribution in [0.1, 0.15) is 38.2 Å². The number of amides is 1. The maximum Gasteiger partial charge on any atom is 0.496 e. The molecule has 0 saturated carbocycles. The molecule has 0 radical (unpaired) electrons. The van der Waals surface area contributed by atoms with Crippen molar-refractivity contribution in [2.75, 3.05) is 12.8 Å². The van der Waals surface area contributed by atoms with Gasteiger partial charge >= 0.3 is 7.12 Å². The molecular formula is C13H20BN3O3. The molecule has 1 amide bonds. The monoisotopic (exact) mass is 277 g/mol. The molecule has 2 heterocycles. The van der Waals surface area contributed by atoms with Crippen molar-refractivity contribution in [3.63, 3.8) is 0 Å². The number of nitrogens with zero attached hydrogens (tertiary/aromatic N) is 1. The number of pyridine rings is 1. The Labute approximate surface area is 119 Å². The van der Waals surface area contributed by atoms with Gasteiger partial charge < -0.3 is 20.4 Å². The predicted molar refractivity (Wildman–Crippen MR) is 77.8 cm³/mol. The lowest BCUT2D eigenvalue weighted by Gasteiger charge is -2.32. The summed E-state index contributed by atoms with van der Waals surface area (Å²) < 4.78 is 11.8. The van der Waals surface area contributed by atoms with Crippen molar-refractivity contribution >= 4 is 24.2 Å². The molecule has 7 heteroatoms. The van der Waals surface area contributed by atoms with Crippen LogP contribution in [0, 0.1) is 0 Å². The number of hydrogen-bond acceptors (Lipinski definition) is 5. The van der Waals surface area contributed by atoms with Gasteiger partial charge in [-0.1, -0.05) is 0 Å². The van der Waals surface area contributed by atoms with E-state index in [1.807, 2.05) is 27.7 Å². The van der Waals surface area contributed by atoms with E-state index in [1.165, 1.54) is 7.05 Å². The molecule has 1 aromatic rings. The van der Waals surface area contributed by atoms with Gasteiger partial charge in [0.05, 0.1) is 16.9 Å². The molecule has 1 aromatic heterocycles. The van der Waals surface area contributed by atoms with Crippen molar-refractivity contribution < 1.29 is 14.1 Å². The summed E-state index contributed by atoms with van der Waals surface area (Å²) in [4.78, 5) is 15.6. The van der Waals surface area contributed by atoms with Crippen LogP contribution in [0.4, 0.5) is 5.69 Å². The van der Waals surface area contributed by atoms with Crippen molar-refractivity contribution in [1.29, 1.82) is 0 Å². The largest absolute Gasteiger partial charge is 0.496 e. The molecule has 0 aromatic carbocycles. The van der Waals surface area contributed by atoms with Gasteiger partial charge in [-0.15, -0.1) is 0 Å². The molecule has 3 N–H and O–H groups in total. The van der Waals surface area contributed by atoms with E-state index in [0.717, 1.165) is 0 Å². The minimum atomic E-state index is -0.534. The maximum atomic E-state index is 11.6. The molecule has 0 unspecified atom stereocenters. The Balaban J connectivity index is 2.28. The Morgan fingerprint density at radius 1 is 1.30 bits per heavy atom. The van der Waals surface area contributed by atoms with Crippen LogP contribution in [0.3, 0.4) is 0 Å². The van der Waals surface area contributed by atoms with Crippen molar-refractivity contribution in [2.45, 2.75) is 38.9 Å². The highest BCUT2D eigenvalue weighted by Crippen LogP contribution is 2.36. The second-order valence-corrected chi connectivity index (χ2v) is 5.87. The molecule has 0 aliphatic carbocycles. The number of nitrogens with one attached hydrogen (secondary N) is 1. The number of rotatable bonds is 2. The van der Waals surface area contributed by atoms with Gasteiger partial charge in [0, 0.05) is 18.7 Å². The zero-order valence-electron chi connectivity index (χ0n) is 12.5. The van der Waals surface area contributed by atoms with Crippen LogP contribution in [-0.2, 0) is 9.31 Å². The van der Waals surface area contributed by atoms with Crippen LogP contribution in [0.15, 0.2) is 12.3 Å². The zero-order valence-corrected chi connectivity index (χ0v) is 12.5. The van der Waals surface area contributed by atoms with Crippen LogP contribution in [0.2, 0.25) is 0 Å². The van der Waals surface area contributed by atoms with E-state index in [1.54, 1.807) is 12.3 Å². The molecular weight excluding hydrogens is 257 g/mol. The number of aromatic nitrogens is 1. The molecule has 1 aliphatic heterocycles. The lowest BCUT2D eigenvalue weighted by atomic mass is 9.80. The van der Waals surface area contributed by atoms with Crippen molar-refractivity contribution in [1.82, 2.24) is 10.3 Å². The molecule has 6 nitrogen and oxygen atoms in total. The number of anilines is 1. The van der Waals surface area contributed by atoms with E-state index >= 15 is 0 Å². The summed E-state index contributed by atoms with van der Waals surface area (Å²) in [6, 6.07) is 1.67. The van der Waals surface area contributed by atoms with Gasteiger partial charge in [-0.2, -0.15) is 0 Å². The summed E-state index contributed by atoms with van der Waals surface area (Å²) in [5.74, 6) is -0.317. The molecule has 20 heavy (non-hydrogen) atoms. The van der Waals surface area contributed by atoms with Crippen LogP contribution in [-0.4, -0.2) is 36.3 Å². The summed E-state index contributed by atoms with van der Waals surface area (Å²) in [7, 11) is 1.000. The number of nitrogen functional groups attached to an aromatic ring is 1. The standard InChI is InChI=1S/C13H20BN3O3/c1-12(2)13(3,4)20-14(19-12)8-6-9(15)10(17-7-8)11(18)16-5/h6-7H,15H2,1-5H3,(H,16,18). The van der Waals surface area contributed by atoms with E-state index in [2.05, 4.69) is 10.3 Å². The van der Waals surface area contributed by atoms with Crippen LogP contribution in [0.5, 0.6) is 0 Å². The van der Waals surface area contributed by atoms with E-state index in [0.29, 0.717) is 11.2 Å². The van der Waals surface area contributed by atoms with Gasteiger partial charge in [0.2, 0.25) is 0 Å². The average molecular weight is 277 g/mol. The lowest BCUT2D eigenvalue weighted by Crippen LogP contribution is -2.41. The SMILES string of the molecule is CNC(=O)c1ncc(B2OC(C)(C)C(C)(C)O2)cc1N. The molecule has 108 valence electrons. The Morgan fingerprint density at radius 2 is 1.85 bits per heavy atom. The fourth-order valence-electron chi connectivity index (χ4n) is 1.91.